The van der Waals surface area contributed by atoms with Gasteiger partial charge in [-0.05, 0) is 76.3 Å². The maximum atomic E-state index is 14.3. The fraction of sp³-hybridized carbons (Fsp3) is 0.514. The highest BCUT2D eigenvalue weighted by molar-refractivity contribution is 6.00. The summed E-state index contributed by atoms with van der Waals surface area (Å²) in [4.78, 5) is 38.7. The Morgan fingerprint density at radius 1 is 1.19 bits per heavy atom. The number of hydrogen-bond donors (Lipinski definition) is 1. The van der Waals surface area contributed by atoms with Crippen molar-refractivity contribution in [2.24, 2.45) is 18.9 Å². The average Bonchev–Trinajstić information content (AvgIpc) is 3.42. The lowest BCUT2D eigenvalue weighted by Crippen LogP contribution is -2.51. The SMILES string of the molecule is COc1cc(C(=O)N2C[C@H]3C[C@H](OCCC#N)[C@@H]2[C@@H]3NC(=O)OC(C)(C)C)cc2nc(-c3cc4cccnc4n3CC3CC3)n(C)c12. The van der Waals surface area contributed by atoms with E-state index in [2.05, 4.69) is 33.1 Å². The largest absolute Gasteiger partial charge is 0.494 e. The third kappa shape index (κ3) is 5.78. The molecule has 2 bridgehead atoms. The van der Waals surface area contributed by atoms with Crippen molar-refractivity contribution in [2.45, 2.75) is 76.8 Å². The van der Waals surface area contributed by atoms with Crippen molar-refractivity contribution in [1.82, 2.24) is 29.3 Å². The minimum atomic E-state index is -0.657. The molecule has 4 aromatic rings. The van der Waals surface area contributed by atoms with Crippen molar-refractivity contribution in [3.63, 3.8) is 0 Å². The van der Waals surface area contributed by atoms with E-state index in [0.717, 1.165) is 34.6 Å². The number of nitrogens with zero attached hydrogens (tertiary/aromatic N) is 6. The number of methoxy groups -OCH3 is 1. The summed E-state index contributed by atoms with van der Waals surface area (Å²) in [6.45, 7) is 7.05. The van der Waals surface area contributed by atoms with Crippen LogP contribution in [0.3, 0.4) is 0 Å². The molecule has 0 radical (unpaired) electrons. The summed E-state index contributed by atoms with van der Waals surface area (Å²) in [5.41, 5.74) is 3.14. The Labute approximate surface area is 273 Å². The molecule has 12 nitrogen and oxygen atoms in total. The molecule has 3 aromatic heterocycles. The lowest BCUT2D eigenvalue weighted by Gasteiger charge is -2.33. The molecule has 0 spiro atoms. The summed E-state index contributed by atoms with van der Waals surface area (Å²) in [7, 11) is 3.57. The highest BCUT2D eigenvalue weighted by atomic mass is 16.6. The first kappa shape index (κ1) is 31.0. The number of nitriles is 1. The number of aryl methyl sites for hydroxylation is 1. The van der Waals surface area contributed by atoms with Crippen LogP contribution in [0.15, 0.2) is 36.5 Å². The summed E-state index contributed by atoms with van der Waals surface area (Å²) in [5.74, 6) is 1.75. The lowest BCUT2D eigenvalue weighted by molar-refractivity contribution is -0.00682. The van der Waals surface area contributed by atoms with Crippen LogP contribution in [-0.4, -0.2) is 80.1 Å². The van der Waals surface area contributed by atoms with E-state index in [0.29, 0.717) is 35.7 Å². The van der Waals surface area contributed by atoms with Gasteiger partial charge in [0.05, 0.1) is 55.6 Å². The Bertz CT molecular complexity index is 1900. The fourth-order valence-electron chi connectivity index (χ4n) is 7.34. The summed E-state index contributed by atoms with van der Waals surface area (Å²) >= 11 is 0. The van der Waals surface area contributed by atoms with Crippen molar-refractivity contribution >= 4 is 34.1 Å². The number of likely N-dealkylation sites (tertiary alicyclic amines) is 1. The minimum absolute atomic E-state index is 0.0161. The summed E-state index contributed by atoms with van der Waals surface area (Å²) in [6.07, 6.45) is 4.33. The number of aromatic nitrogens is 4. The second kappa shape index (κ2) is 11.9. The van der Waals surface area contributed by atoms with E-state index in [1.54, 1.807) is 18.1 Å². The molecule has 1 N–H and O–H groups in total. The van der Waals surface area contributed by atoms with Crippen molar-refractivity contribution in [2.75, 3.05) is 20.3 Å². The molecular formula is C35H41N7O5. The van der Waals surface area contributed by atoms with Gasteiger partial charge in [-0.1, -0.05) is 0 Å². The molecule has 12 heteroatoms. The molecule has 47 heavy (non-hydrogen) atoms. The molecule has 2 saturated carbocycles. The predicted octanol–water partition coefficient (Wildman–Crippen LogP) is 5.05. The molecule has 0 unspecified atom stereocenters. The second-order valence-electron chi connectivity index (χ2n) is 14.0. The van der Waals surface area contributed by atoms with Crippen LogP contribution in [0.25, 0.3) is 33.6 Å². The number of ether oxygens (including phenoxy) is 3. The molecule has 3 aliphatic rings. The summed E-state index contributed by atoms with van der Waals surface area (Å²) in [6, 6.07) is 11.1. The summed E-state index contributed by atoms with van der Waals surface area (Å²) < 4.78 is 21.8. The van der Waals surface area contributed by atoms with Crippen LogP contribution in [0.5, 0.6) is 5.75 Å². The highest BCUT2D eigenvalue weighted by Gasteiger charge is 2.55. The number of carbonyl (C=O) groups excluding carboxylic acids is 2. The van der Waals surface area contributed by atoms with Crippen molar-refractivity contribution < 1.29 is 23.8 Å². The van der Waals surface area contributed by atoms with Gasteiger partial charge in [0.2, 0.25) is 0 Å². The van der Waals surface area contributed by atoms with E-state index in [1.165, 1.54) is 12.8 Å². The lowest BCUT2D eigenvalue weighted by atomic mass is 10.1. The van der Waals surface area contributed by atoms with Crippen LogP contribution in [0, 0.1) is 23.2 Å². The van der Waals surface area contributed by atoms with E-state index in [-0.39, 0.29) is 37.0 Å². The van der Waals surface area contributed by atoms with Crippen molar-refractivity contribution in [3.8, 4) is 23.3 Å². The number of nitrogens with one attached hydrogen (secondary N) is 1. The zero-order valence-electron chi connectivity index (χ0n) is 27.5. The normalized spacial score (nSPS) is 22.2. The van der Waals surface area contributed by atoms with Gasteiger partial charge < -0.3 is 33.6 Å². The Balaban J connectivity index is 1.23. The van der Waals surface area contributed by atoms with E-state index in [1.807, 2.05) is 50.7 Å². The van der Waals surface area contributed by atoms with Gasteiger partial charge in [-0.25, -0.2) is 14.8 Å². The van der Waals surface area contributed by atoms with E-state index in [9.17, 15) is 9.59 Å². The van der Waals surface area contributed by atoms with Gasteiger partial charge in [-0.3, -0.25) is 4.79 Å². The minimum Gasteiger partial charge on any atom is -0.494 e. The monoisotopic (exact) mass is 639 g/mol. The number of carbonyl (C=O) groups is 2. The number of alkyl carbamates (subject to hydrolysis) is 1. The molecule has 3 fully saturated rings. The first-order valence-electron chi connectivity index (χ1n) is 16.3. The zero-order chi connectivity index (χ0) is 33.0. The molecule has 4 atom stereocenters. The highest BCUT2D eigenvalue weighted by Crippen LogP contribution is 2.42. The number of fused-ring (bicyclic) bond motifs is 4. The molecular weight excluding hydrogens is 598 g/mol. The number of rotatable bonds is 9. The number of piperidine rings is 1. The van der Waals surface area contributed by atoms with Crippen molar-refractivity contribution in [1.29, 1.82) is 5.26 Å². The molecule has 1 aromatic carbocycles. The molecule has 7 rings (SSSR count). The van der Waals surface area contributed by atoms with Gasteiger partial charge in [-0.2, -0.15) is 5.26 Å². The fourth-order valence-corrected chi connectivity index (χ4v) is 7.34. The van der Waals surface area contributed by atoms with Gasteiger partial charge in [0, 0.05) is 43.2 Å². The first-order chi connectivity index (χ1) is 22.6. The third-order valence-electron chi connectivity index (χ3n) is 9.50. The number of amides is 2. The molecule has 1 saturated heterocycles. The standard InChI is InChI=1S/C35H41N7O5/c1-35(2,3)47-34(44)39-28-23-17-27(46-13-7-11-36)30(28)42(19-23)33(43)22-14-24-29(26(16-22)45-5)40(4)32(38-24)25-15-21-8-6-12-37-31(21)41(25)18-20-9-10-20/h6,8,12,14-16,20,23,27-28,30H,7,9-10,13,17-19H2,1-5H3,(H,39,44)/t23-,27+,28-,30-/m1/s1. The van der Waals surface area contributed by atoms with Crippen LogP contribution < -0.4 is 10.1 Å². The topological polar surface area (TPSA) is 137 Å². The zero-order valence-corrected chi connectivity index (χ0v) is 27.5. The Morgan fingerprint density at radius 2 is 2.00 bits per heavy atom. The average molecular weight is 640 g/mol. The molecule has 2 amide bonds. The number of imidazole rings is 1. The van der Waals surface area contributed by atoms with Gasteiger partial charge in [0.25, 0.3) is 5.91 Å². The van der Waals surface area contributed by atoms with E-state index >= 15 is 0 Å². The second-order valence-corrected chi connectivity index (χ2v) is 14.0. The quantitative estimate of drug-likeness (QED) is 0.252. The van der Waals surface area contributed by atoms with Crippen molar-refractivity contribution in [3.05, 3.63) is 42.1 Å². The van der Waals surface area contributed by atoms with Crippen LogP contribution in [0.4, 0.5) is 4.79 Å². The smallest absolute Gasteiger partial charge is 0.407 e. The molecule has 1 aliphatic heterocycles. The third-order valence-corrected chi connectivity index (χ3v) is 9.50. The Kier molecular flexibility index (Phi) is 7.83. The van der Waals surface area contributed by atoms with Gasteiger partial charge in [-0.15, -0.1) is 0 Å². The maximum Gasteiger partial charge on any atom is 0.407 e. The molecule has 2 aliphatic carbocycles. The van der Waals surface area contributed by atoms with Gasteiger partial charge in [0.1, 0.15) is 22.5 Å². The van der Waals surface area contributed by atoms with E-state index < -0.39 is 17.7 Å². The summed E-state index contributed by atoms with van der Waals surface area (Å²) in [5, 5.41) is 13.2. The van der Waals surface area contributed by atoms with E-state index in [4.69, 9.17) is 24.5 Å². The van der Waals surface area contributed by atoms with Crippen LogP contribution in [0.2, 0.25) is 0 Å². The Morgan fingerprint density at radius 3 is 2.72 bits per heavy atom. The van der Waals surface area contributed by atoms with Gasteiger partial charge >= 0.3 is 6.09 Å². The first-order valence-corrected chi connectivity index (χ1v) is 16.3. The molecule has 4 heterocycles. The molecule has 246 valence electrons. The predicted molar refractivity (Wildman–Crippen MR) is 175 cm³/mol. The Hall–Kier alpha value is -4.63. The maximum absolute atomic E-state index is 14.3. The van der Waals surface area contributed by atoms with Crippen LogP contribution >= 0.6 is 0 Å². The number of hydrogen-bond acceptors (Lipinski definition) is 8. The number of benzene rings is 1. The number of pyridine rings is 1. The van der Waals surface area contributed by atoms with Gasteiger partial charge in [0.15, 0.2) is 5.82 Å². The van der Waals surface area contributed by atoms with Crippen LogP contribution in [-0.2, 0) is 23.1 Å². The van der Waals surface area contributed by atoms with Crippen LogP contribution in [0.1, 0.15) is 56.8 Å².